The Balaban J connectivity index is 1.88. The van der Waals surface area contributed by atoms with E-state index >= 15 is 0 Å². The van der Waals surface area contributed by atoms with E-state index in [0.29, 0.717) is 25.0 Å². The summed E-state index contributed by atoms with van der Waals surface area (Å²) in [6.45, 7) is 5.45. The summed E-state index contributed by atoms with van der Waals surface area (Å²) in [7, 11) is -2.06. The molecule has 1 atom stereocenters. The maximum atomic E-state index is 13.8. The lowest BCUT2D eigenvalue weighted by Crippen LogP contribution is -2.39. The van der Waals surface area contributed by atoms with Crippen LogP contribution in [0.5, 0.6) is 5.75 Å². The molecule has 0 saturated heterocycles. The lowest BCUT2D eigenvalue weighted by Gasteiger charge is -2.14. The van der Waals surface area contributed by atoms with Gasteiger partial charge in [0, 0.05) is 19.6 Å². The van der Waals surface area contributed by atoms with Crippen LogP contribution < -0.4 is 15.4 Å². The van der Waals surface area contributed by atoms with Crippen molar-refractivity contribution in [2.45, 2.75) is 31.1 Å². The van der Waals surface area contributed by atoms with Crippen molar-refractivity contribution in [1.29, 1.82) is 0 Å². The molecule has 0 aliphatic rings. The molecule has 0 amide bonds. The Hall–Kier alpha value is -2.61. The number of halogens is 1. The first-order chi connectivity index (χ1) is 14.4. The van der Waals surface area contributed by atoms with Gasteiger partial charge in [0.15, 0.2) is 15.8 Å². The third-order valence-electron chi connectivity index (χ3n) is 4.70. The number of benzene rings is 2. The molecule has 30 heavy (non-hydrogen) atoms. The van der Waals surface area contributed by atoms with Gasteiger partial charge in [0.25, 0.3) is 0 Å². The maximum Gasteiger partial charge on any atom is 0.191 e. The van der Waals surface area contributed by atoms with Crippen molar-refractivity contribution in [2.75, 3.05) is 32.5 Å². The van der Waals surface area contributed by atoms with Gasteiger partial charge in [0.05, 0.1) is 12.9 Å². The Labute approximate surface area is 178 Å². The van der Waals surface area contributed by atoms with E-state index < -0.39 is 15.7 Å². The normalized spacial score (nSPS) is 13.0. The van der Waals surface area contributed by atoms with Crippen LogP contribution in [-0.4, -0.2) is 46.9 Å². The van der Waals surface area contributed by atoms with Crippen LogP contribution in [0.15, 0.2) is 58.4 Å². The number of methoxy groups -OCH3 is 1. The summed E-state index contributed by atoms with van der Waals surface area (Å²) in [6, 6.07) is 13.4. The van der Waals surface area contributed by atoms with E-state index in [1.807, 2.05) is 31.2 Å². The van der Waals surface area contributed by atoms with Crippen LogP contribution in [0.25, 0.3) is 0 Å². The highest BCUT2D eigenvalue weighted by Crippen LogP contribution is 2.21. The summed E-state index contributed by atoms with van der Waals surface area (Å²) >= 11 is 0. The highest BCUT2D eigenvalue weighted by molar-refractivity contribution is 7.91. The van der Waals surface area contributed by atoms with Crippen molar-refractivity contribution in [1.82, 2.24) is 10.6 Å². The van der Waals surface area contributed by atoms with Gasteiger partial charge in [-0.2, -0.15) is 0 Å². The zero-order valence-electron chi connectivity index (χ0n) is 17.7. The van der Waals surface area contributed by atoms with Crippen molar-refractivity contribution in [3.8, 4) is 5.75 Å². The van der Waals surface area contributed by atoms with E-state index in [4.69, 9.17) is 4.74 Å². The highest BCUT2D eigenvalue weighted by atomic mass is 32.2. The molecule has 0 spiro atoms. The van der Waals surface area contributed by atoms with Crippen molar-refractivity contribution >= 4 is 15.8 Å². The third-order valence-corrected chi connectivity index (χ3v) is 6.44. The predicted octanol–water partition coefficient (Wildman–Crippen LogP) is 3.36. The number of guanidine groups is 1. The smallest absolute Gasteiger partial charge is 0.191 e. The lowest BCUT2D eigenvalue weighted by molar-refractivity contribution is 0.414. The van der Waals surface area contributed by atoms with Gasteiger partial charge in [0.1, 0.15) is 16.5 Å². The molecule has 2 N–H and O–H groups in total. The fraction of sp³-hybridized carbons (Fsp3) is 0.409. The summed E-state index contributed by atoms with van der Waals surface area (Å²) in [4.78, 5) is 4.25. The van der Waals surface area contributed by atoms with Crippen molar-refractivity contribution < 1.29 is 17.5 Å². The number of hydrogen-bond donors (Lipinski definition) is 2. The Bertz CT molecular complexity index is 931. The molecular weight excluding hydrogens is 405 g/mol. The first-order valence-electron chi connectivity index (χ1n) is 10.0. The van der Waals surface area contributed by atoms with Crippen molar-refractivity contribution in [3.05, 3.63) is 59.9 Å². The number of ether oxygens (including phenoxy) is 1. The fourth-order valence-corrected chi connectivity index (χ4v) is 4.16. The van der Waals surface area contributed by atoms with E-state index in [1.165, 1.54) is 23.8 Å². The largest absolute Gasteiger partial charge is 0.497 e. The van der Waals surface area contributed by atoms with Gasteiger partial charge in [0.2, 0.25) is 0 Å². The molecule has 8 heteroatoms. The Morgan fingerprint density at radius 2 is 1.83 bits per heavy atom. The van der Waals surface area contributed by atoms with Crippen LogP contribution in [0.2, 0.25) is 0 Å². The van der Waals surface area contributed by atoms with Crippen LogP contribution >= 0.6 is 0 Å². The second-order valence-electron chi connectivity index (χ2n) is 6.90. The minimum atomic E-state index is -3.71. The molecule has 0 aliphatic carbocycles. The third kappa shape index (κ3) is 7.02. The fourth-order valence-electron chi connectivity index (χ4n) is 2.92. The van der Waals surface area contributed by atoms with E-state index in [2.05, 4.69) is 22.5 Å². The first-order valence-corrected chi connectivity index (χ1v) is 11.7. The molecule has 1 unspecified atom stereocenters. The zero-order valence-corrected chi connectivity index (χ0v) is 18.5. The number of hydrogen-bond acceptors (Lipinski definition) is 4. The van der Waals surface area contributed by atoms with Crippen molar-refractivity contribution in [3.63, 3.8) is 0 Å². The number of nitrogens with zero attached hydrogens (tertiary/aromatic N) is 1. The van der Waals surface area contributed by atoms with Gasteiger partial charge in [-0.3, -0.25) is 4.99 Å². The van der Waals surface area contributed by atoms with Crippen LogP contribution in [0.3, 0.4) is 0 Å². The maximum absolute atomic E-state index is 13.8. The molecule has 0 heterocycles. The van der Waals surface area contributed by atoms with Gasteiger partial charge >= 0.3 is 0 Å². The van der Waals surface area contributed by atoms with E-state index in [1.54, 1.807) is 7.11 Å². The summed E-state index contributed by atoms with van der Waals surface area (Å²) < 4.78 is 43.7. The Morgan fingerprint density at radius 3 is 2.47 bits per heavy atom. The van der Waals surface area contributed by atoms with Crippen molar-refractivity contribution in [2.24, 2.45) is 4.99 Å². The second kappa shape index (κ2) is 11.5. The van der Waals surface area contributed by atoms with Crippen LogP contribution in [-0.2, 0) is 9.84 Å². The number of rotatable bonds is 10. The van der Waals surface area contributed by atoms with Crippen LogP contribution in [0.1, 0.15) is 31.7 Å². The molecular formula is C22H30FN3O3S. The van der Waals surface area contributed by atoms with Gasteiger partial charge < -0.3 is 15.4 Å². The number of sulfone groups is 1. The molecule has 0 radical (unpaired) electrons. The van der Waals surface area contributed by atoms with Crippen LogP contribution in [0, 0.1) is 5.82 Å². The molecule has 6 nitrogen and oxygen atoms in total. The first kappa shape index (κ1) is 23.7. The minimum Gasteiger partial charge on any atom is -0.497 e. The molecule has 0 fully saturated rings. The number of nitrogens with one attached hydrogen (secondary N) is 2. The van der Waals surface area contributed by atoms with Gasteiger partial charge in [-0.15, -0.1) is 0 Å². The quantitative estimate of drug-likeness (QED) is 0.442. The average Bonchev–Trinajstić information content (AvgIpc) is 2.73. The van der Waals surface area contributed by atoms with Gasteiger partial charge in [-0.1, -0.05) is 31.2 Å². The van der Waals surface area contributed by atoms with E-state index in [9.17, 15) is 12.8 Å². The summed E-state index contributed by atoms with van der Waals surface area (Å²) in [5.41, 5.74) is 1.21. The average molecular weight is 436 g/mol. The van der Waals surface area contributed by atoms with E-state index in [0.717, 1.165) is 18.2 Å². The van der Waals surface area contributed by atoms with Gasteiger partial charge in [-0.05, 0) is 49.1 Å². The summed E-state index contributed by atoms with van der Waals surface area (Å²) in [5, 5.41) is 6.12. The standard InChI is InChI=1S/C22H30FN3O3S/c1-4-24-22(25-14-13-17(2)18-9-11-19(29-3)12-10-18)26-15-16-30(27,28)21-8-6-5-7-20(21)23/h5-12,17H,4,13-16H2,1-3H3,(H2,24,25,26). The minimum absolute atomic E-state index is 0.135. The SMILES string of the molecule is CCNC(=NCCC(C)c1ccc(OC)cc1)NCCS(=O)(=O)c1ccccc1F. The summed E-state index contributed by atoms with van der Waals surface area (Å²) in [5.74, 6) is 0.742. The Kier molecular flexibility index (Phi) is 9.11. The second-order valence-corrected chi connectivity index (χ2v) is 8.98. The Morgan fingerprint density at radius 1 is 1.13 bits per heavy atom. The lowest BCUT2D eigenvalue weighted by atomic mass is 9.98. The molecule has 0 aliphatic heterocycles. The van der Waals surface area contributed by atoms with Crippen LogP contribution in [0.4, 0.5) is 4.39 Å². The molecule has 0 saturated carbocycles. The molecule has 2 aromatic rings. The molecule has 0 bridgehead atoms. The summed E-state index contributed by atoms with van der Waals surface area (Å²) in [6.07, 6.45) is 0.844. The monoisotopic (exact) mass is 435 g/mol. The number of aliphatic imine (C=N–C) groups is 1. The topological polar surface area (TPSA) is 79.8 Å². The van der Waals surface area contributed by atoms with Gasteiger partial charge in [-0.25, -0.2) is 12.8 Å². The highest BCUT2D eigenvalue weighted by Gasteiger charge is 2.18. The molecule has 164 valence electrons. The molecule has 2 aromatic carbocycles. The molecule has 2 rings (SSSR count). The van der Waals surface area contributed by atoms with E-state index in [-0.39, 0.29) is 17.2 Å². The zero-order chi connectivity index (χ0) is 22.0. The predicted molar refractivity (Wildman–Crippen MR) is 118 cm³/mol. The molecule has 0 aromatic heterocycles.